The second kappa shape index (κ2) is 14.1. The van der Waals surface area contributed by atoms with Crippen molar-refractivity contribution < 1.29 is 23.8 Å². The molecule has 1 saturated carbocycles. The number of rotatable bonds is 10. The van der Waals surface area contributed by atoms with E-state index < -0.39 is 17.4 Å². The number of aryl methyl sites for hydroxylation is 1. The molecule has 1 heterocycles. The van der Waals surface area contributed by atoms with Crippen molar-refractivity contribution in [2.45, 2.75) is 51.0 Å². The van der Waals surface area contributed by atoms with Crippen molar-refractivity contribution in [3.63, 3.8) is 0 Å². The maximum Gasteiger partial charge on any atom is 0.329 e. The van der Waals surface area contributed by atoms with Crippen LogP contribution in [0.25, 0.3) is 22.4 Å². The van der Waals surface area contributed by atoms with Crippen molar-refractivity contribution in [1.29, 1.82) is 0 Å². The molecule has 0 unspecified atom stereocenters. The SMILES string of the molecule is Cc1cc(F)ccc1-c1ccc(C(=O)NC2(C(=O)O)CCCCC2)nc1-c1ccc(Cl)c(OCCCN(C)C)c1.Cl. The third-order valence-electron chi connectivity index (χ3n) is 7.29. The number of benzene rings is 2. The van der Waals surface area contributed by atoms with Gasteiger partial charge in [-0.05, 0) is 87.8 Å². The van der Waals surface area contributed by atoms with Crippen molar-refractivity contribution in [3.05, 3.63) is 70.6 Å². The molecule has 7 nitrogen and oxygen atoms in total. The fourth-order valence-corrected chi connectivity index (χ4v) is 5.28. The molecule has 41 heavy (non-hydrogen) atoms. The Bertz CT molecular complexity index is 1390. The first-order chi connectivity index (χ1) is 19.1. The minimum absolute atomic E-state index is 0. The monoisotopic (exact) mass is 603 g/mol. The van der Waals surface area contributed by atoms with Crippen LogP contribution in [0, 0.1) is 12.7 Å². The van der Waals surface area contributed by atoms with Crippen LogP contribution < -0.4 is 10.1 Å². The predicted molar refractivity (Wildman–Crippen MR) is 162 cm³/mol. The Balaban J connectivity index is 0.00000462. The average molecular weight is 605 g/mol. The van der Waals surface area contributed by atoms with Crippen molar-refractivity contribution in [1.82, 2.24) is 15.2 Å². The molecule has 0 aliphatic heterocycles. The van der Waals surface area contributed by atoms with Gasteiger partial charge in [0.2, 0.25) is 0 Å². The van der Waals surface area contributed by atoms with Gasteiger partial charge in [-0.3, -0.25) is 4.79 Å². The van der Waals surface area contributed by atoms with Crippen molar-refractivity contribution in [2.75, 3.05) is 27.2 Å². The van der Waals surface area contributed by atoms with Crippen LogP contribution in [0.4, 0.5) is 4.39 Å². The Kier molecular flexibility index (Phi) is 11.1. The summed E-state index contributed by atoms with van der Waals surface area (Å²) in [5.41, 5.74) is 2.08. The number of aromatic nitrogens is 1. The zero-order valence-corrected chi connectivity index (χ0v) is 25.1. The normalized spacial score (nSPS) is 14.3. The third kappa shape index (κ3) is 7.76. The summed E-state index contributed by atoms with van der Waals surface area (Å²) >= 11 is 6.44. The number of carboxylic acids is 1. The third-order valence-corrected chi connectivity index (χ3v) is 7.60. The molecule has 0 radical (unpaired) electrons. The molecule has 1 aliphatic rings. The highest BCUT2D eigenvalue weighted by Crippen LogP contribution is 2.37. The summed E-state index contributed by atoms with van der Waals surface area (Å²) in [7, 11) is 3.99. The standard InChI is InChI=1S/C31H35ClFN3O4.ClH/c1-20-18-22(33)9-10-23(20)24-11-13-26(29(37)35-31(30(38)39)14-5-4-6-15-31)34-28(24)21-8-12-25(32)27(19-21)40-17-7-16-36(2)3;/h8-13,18-19H,4-7,14-17H2,1-3H3,(H,35,37)(H,38,39);1H. The largest absolute Gasteiger partial charge is 0.492 e. The van der Waals surface area contributed by atoms with E-state index in [4.69, 9.17) is 21.3 Å². The molecule has 1 aromatic heterocycles. The zero-order chi connectivity index (χ0) is 28.9. The number of hydrogen-bond donors (Lipinski definition) is 2. The summed E-state index contributed by atoms with van der Waals surface area (Å²) in [6.07, 6.45) is 3.97. The highest BCUT2D eigenvalue weighted by molar-refractivity contribution is 6.32. The van der Waals surface area contributed by atoms with E-state index >= 15 is 0 Å². The van der Waals surface area contributed by atoms with E-state index in [9.17, 15) is 19.1 Å². The Morgan fingerprint density at radius 3 is 2.44 bits per heavy atom. The second-order valence-corrected chi connectivity index (χ2v) is 11.0. The van der Waals surface area contributed by atoms with E-state index in [1.54, 1.807) is 36.4 Å². The van der Waals surface area contributed by atoms with E-state index in [-0.39, 0.29) is 23.9 Å². The topological polar surface area (TPSA) is 91.8 Å². The number of carbonyl (C=O) groups excluding carboxylic acids is 1. The van der Waals surface area contributed by atoms with Crippen molar-refractivity contribution >= 4 is 35.9 Å². The molecule has 0 atom stereocenters. The van der Waals surface area contributed by atoms with E-state index in [2.05, 4.69) is 10.2 Å². The van der Waals surface area contributed by atoms with E-state index in [1.807, 2.05) is 21.0 Å². The van der Waals surface area contributed by atoms with Crippen LogP contribution in [-0.4, -0.2) is 59.7 Å². The van der Waals surface area contributed by atoms with Gasteiger partial charge in [-0.15, -0.1) is 12.4 Å². The first-order valence-corrected chi connectivity index (χ1v) is 13.9. The van der Waals surface area contributed by atoms with Crippen molar-refractivity contribution in [3.8, 4) is 28.1 Å². The molecule has 2 aromatic carbocycles. The summed E-state index contributed by atoms with van der Waals surface area (Å²) in [6.45, 7) is 3.14. The van der Waals surface area contributed by atoms with Crippen LogP contribution in [0.1, 0.15) is 54.6 Å². The number of aliphatic carboxylic acids is 1. The average Bonchev–Trinajstić information content (AvgIpc) is 2.92. The number of ether oxygens (including phenoxy) is 1. The molecule has 0 bridgehead atoms. The number of nitrogens with one attached hydrogen (secondary N) is 1. The van der Waals surface area contributed by atoms with E-state index in [1.165, 1.54) is 12.1 Å². The maximum absolute atomic E-state index is 13.9. The molecule has 3 aromatic rings. The van der Waals surface area contributed by atoms with Gasteiger partial charge in [-0.25, -0.2) is 14.2 Å². The van der Waals surface area contributed by atoms with Gasteiger partial charge in [0.05, 0.1) is 17.3 Å². The van der Waals surface area contributed by atoms with E-state index in [0.29, 0.717) is 52.6 Å². The van der Waals surface area contributed by atoms with Crippen LogP contribution in [0.3, 0.4) is 0 Å². The summed E-state index contributed by atoms with van der Waals surface area (Å²) in [4.78, 5) is 32.3. The number of amides is 1. The lowest BCUT2D eigenvalue weighted by Gasteiger charge is -2.33. The van der Waals surface area contributed by atoms with Gasteiger partial charge in [0, 0.05) is 17.7 Å². The smallest absolute Gasteiger partial charge is 0.329 e. The Labute approximate surface area is 251 Å². The highest BCUT2D eigenvalue weighted by Gasteiger charge is 2.41. The zero-order valence-electron chi connectivity index (χ0n) is 23.5. The van der Waals surface area contributed by atoms with Crippen LogP contribution in [0.2, 0.25) is 5.02 Å². The Morgan fingerprint density at radius 1 is 1.07 bits per heavy atom. The molecular weight excluding hydrogens is 568 g/mol. The molecule has 1 amide bonds. The fourth-order valence-electron chi connectivity index (χ4n) is 5.11. The van der Waals surface area contributed by atoms with Gasteiger partial charge in [0.15, 0.2) is 0 Å². The number of nitrogens with zero attached hydrogens (tertiary/aromatic N) is 2. The number of hydrogen-bond acceptors (Lipinski definition) is 5. The lowest BCUT2D eigenvalue weighted by molar-refractivity contribution is -0.145. The maximum atomic E-state index is 13.9. The molecule has 220 valence electrons. The summed E-state index contributed by atoms with van der Waals surface area (Å²) in [5, 5.41) is 13.2. The van der Waals surface area contributed by atoms with Gasteiger partial charge in [0.1, 0.15) is 22.8 Å². The first-order valence-electron chi connectivity index (χ1n) is 13.5. The van der Waals surface area contributed by atoms with Crippen LogP contribution in [0.5, 0.6) is 5.75 Å². The molecule has 0 spiro atoms. The van der Waals surface area contributed by atoms with Crippen LogP contribution in [-0.2, 0) is 4.79 Å². The number of pyridine rings is 1. The lowest BCUT2D eigenvalue weighted by Crippen LogP contribution is -2.55. The van der Waals surface area contributed by atoms with Gasteiger partial charge in [-0.1, -0.05) is 43.0 Å². The molecule has 0 saturated heterocycles. The molecule has 1 aliphatic carbocycles. The fraction of sp³-hybridized carbons (Fsp3) is 0.387. The quantitative estimate of drug-likeness (QED) is 0.248. The van der Waals surface area contributed by atoms with Crippen LogP contribution in [0.15, 0.2) is 48.5 Å². The van der Waals surface area contributed by atoms with Gasteiger partial charge >= 0.3 is 5.97 Å². The molecule has 10 heteroatoms. The summed E-state index contributed by atoms with van der Waals surface area (Å²) < 4.78 is 19.9. The number of carboxylic acid groups (broad SMARTS) is 1. The van der Waals surface area contributed by atoms with Gasteiger partial charge in [-0.2, -0.15) is 0 Å². The molecule has 1 fully saturated rings. The van der Waals surface area contributed by atoms with Crippen molar-refractivity contribution in [2.24, 2.45) is 0 Å². The molecule has 4 rings (SSSR count). The minimum atomic E-state index is -1.31. The number of carbonyl (C=O) groups is 2. The molecule has 2 N–H and O–H groups in total. The minimum Gasteiger partial charge on any atom is -0.492 e. The van der Waals surface area contributed by atoms with Crippen LogP contribution >= 0.6 is 24.0 Å². The second-order valence-electron chi connectivity index (χ2n) is 10.6. The molecular formula is C31H36Cl2FN3O4. The lowest BCUT2D eigenvalue weighted by atomic mass is 9.81. The van der Waals surface area contributed by atoms with Gasteiger partial charge < -0.3 is 20.1 Å². The summed E-state index contributed by atoms with van der Waals surface area (Å²) in [6, 6.07) is 13.1. The highest BCUT2D eigenvalue weighted by atomic mass is 35.5. The number of halogens is 3. The van der Waals surface area contributed by atoms with Gasteiger partial charge in [0.25, 0.3) is 5.91 Å². The first kappa shape index (κ1) is 32.3. The summed E-state index contributed by atoms with van der Waals surface area (Å²) in [5.74, 6) is -1.45. The Hall–Kier alpha value is -3.20. The Morgan fingerprint density at radius 2 is 1.78 bits per heavy atom. The van der Waals surface area contributed by atoms with E-state index in [0.717, 1.165) is 37.8 Å². The predicted octanol–water partition coefficient (Wildman–Crippen LogP) is 6.79.